The molecule has 0 aromatic heterocycles. The van der Waals surface area contributed by atoms with Gasteiger partial charge in [-0.25, -0.2) is 4.79 Å². The van der Waals surface area contributed by atoms with Crippen LogP contribution in [0.15, 0.2) is 33.5 Å². The summed E-state index contributed by atoms with van der Waals surface area (Å²) in [5.41, 5.74) is 0.857. The smallest absolute Gasteiger partial charge is 0.330 e. The molecule has 5 atom stereocenters. The zero-order valence-corrected chi connectivity index (χ0v) is 19.3. The van der Waals surface area contributed by atoms with Crippen molar-refractivity contribution < 1.29 is 19.0 Å². The summed E-state index contributed by atoms with van der Waals surface area (Å²) in [4.78, 5) is 11.4. The maximum Gasteiger partial charge on any atom is 0.330 e. The molecule has 1 spiro atoms. The lowest BCUT2D eigenvalue weighted by molar-refractivity contribution is -0.323. The number of ether oxygens (including phenoxy) is 3. The van der Waals surface area contributed by atoms with E-state index in [0.29, 0.717) is 11.8 Å². The number of carbonyl (C=O) groups is 1. The molecule has 0 saturated carbocycles. The summed E-state index contributed by atoms with van der Waals surface area (Å²) in [7, 11) is 1.39. The molecule has 0 aromatic carbocycles. The molecular formula is C22H33IO4. The van der Waals surface area contributed by atoms with Crippen LogP contribution in [0.25, 0.3) is 0 Å². The lowest BCUT2D eigenvalue weighted by Crippen LogP contribution is -2.51. The van der Waals surface area contributed by atoms with Crippen molar-refractivity contribution in [2.75, 3.05) is 7.11 Å². The molecule has 0 unspecified atom stereocenters. The molecule has 0 aromatic rings. The largest absolute Gasteiger partial charge is 0.466 e. The number of esters is 1. The Kier molecular flexibility index (Phi) is 8.56. The second-order valence-electron chi connectivity index (χ2n) is 7.98. The van der Waals surface area contributed by atoms with Crippen molar-refractivity contribution in [3.05, 3.63) is 33.5 Å². The normalized spacial score (nSPS) is 35.6. The Morgan fingerprint density at radius 2 is 1.85 bits per heavy atom. The zero-order chi connectivity index (χ0) is 20.0. The van der Waals surface area contributed by atoms with Crippen LogP contribution in [0.2, 0.25) is 0 Å². The first-order chi connectivity index (χ1) is 12.7. The minimum absolute atomic E-state index is 0.00402. The van der Waals surface area contributed by atoms with Gasteiger partial charge in [0.15, 0.2) is 5.79 Å². The van der Waals surface area contributed by atoms with Crippen LogP contribution in [0.4, 0.5) is 0 Å². The fourth-order valence-electron chi connectivity index (χ4n) is 3.72. The van der Waals surface area contributed by atoms with Gasteiger partial charge in [-0.05, 0) is 76.7 Å². The van der Waals surface area contributed by atoms with E-state index < -0.39 is 5.79 Å². The fraction of sp³-hybridized carbons (Fsp3) is 0.682. The Morgan fingerprint density at radius 1 is 1.19 bits per heavy atom. The van der Waals surface area contributed by atoms with Crippen LogP contribution in [0.1, 0.15) is 59.8 Å². The minimum atomic E-state index is -0.467. The third-order valence-electron chi connectivity index (χ3n) is 5.60. The first kappa shape index (κ1) is 22.6. The molecule has 152 valence electrons. The van der Waals surface area contributed by atoms with Crippen molar-refractivity contribution in [3.63, 3.8) is 0 Å². The van der Waals surface area contributed by atoms with Gasteiger partial charge in [0.1, 0.15) is 0 Å². The van der Waals surface area contributed by atoms with Gasteiger partial charge in [0, 0.05) is 18.9 Å². The van der Waals surface area contributed by atoms with Crippen molar-refractivity contribution in [2.24, 2.45) is 11.8 Å². The average molecular weight is 488 g/mol. The van der Waals surface area contributed by atoms with Crippen molar-refractivity contribution in [3.8, 4) is 0 Å². The summed E-state index contributed by atoms with van der Waals surface area (Å²) in [6.07, 6.45) is 13.0. The maximum atomic E-state index is 11.4. The summed E-state index contributed by atoms with van der Waals surface area (Å²) in [6, 6.07) is 0. The number of methoxy groups -OCH3 is 1. The lowest BCUT2D eigenvalue weighted by atomic mass is 9.83. The molecule has 2 fully saturated rings. The quantitative estimate of drug-likeness (QED) is 0.215. The summed E-state index contributed by atoms with van der Waals surface area (Å²) in [5, 5.41) is 0. The topological polar surface area (TPSA) is 44.8 Å². The number of rotatable bonds is 5. The molecule has 2 rings (SSSR count). The van der Waals surface area contributed by atoms with Crippen LogP contribution in [0.3, 0.4) is 0 Å². The van der Waals surface area contributed by atoms with Gasteiger partial charge >= 0.3 is 5.97 Å². The van der Waals surface area contributed by atoms with Gasteiger partial charge in [-0.1, -0.05) is 32.1 Å². The molecule has 2 aliphatic heterocycles. The van der Waals surface area contributed by atoms with Crippen LogP contribution in [0.5, 0.6) is 0 Å². The van der Waals surface area contributed by atoms with E-state index in [4.69, 9.17) is 9.47 Å². The lowest BCUT2D eigenvalue weighted by Gasteiger charge is -2.49. The predicted octanol–water partition coefficient (Wildman–Crippen LogP) is 5.72. The standard InChI is InChI=1S/C22H33IO4/c1-15(14-21(24)25-5)6-8-19-16(2)10-12-22(26-19)13-11-17(3)20(27-22)9-7-18(4)23/h6-8,14,16-17,19-20H,9-13H2,1-5H3/b8-6+,15-14+,18-7+/t16-,17-,19-,20+,22-/m0/s1. The molecule has 0 radical (unpaired) electrons. The SMILES string of the molecule is COC(=O)/C=C(C)/C=C/[C@@H]1O[C@]2(CC[C@@H]1C)CC[C@H](C)[C@@H](C/C=C(\C)I)O2. The molecule has 27 heavy (non-hydrogen) atoms. The molecule has 0 aliphatic carbocycles. The first-order valence-electron chi connectivity index (χ1n) is 9.87. The van der Waals surface area contributed by atoms with Gasteiger partial charge in [-0.3, -0.25) is 0 Å². The van der Waals surface area contributed by atoms with Crippen LogP contribution in [-0.2, 0) is 19.0 Å². The number of carbonyl (C=O) groups excluding carboxylic acids is 1. The van der Waals surface area contributed by atoms with Crippen molar-refractivity contribution in [2.45, 2.75) is 77.8 Å². The van der Waals surface area contributed by atoms with Gasteiger partial charge in [0.2, 0.25) is 0 Å². The Hall–Kier alpha value is -0.660. The Balaban J connectivity index is 2.07. The number of hydrogen-bond donors (Lipinski definition) is 0. The van der Waals surface area contributed by atoms with Crippen LogP contribution in [-0.4, -0.2) is 31.1 Å². The molecule has 2 heterocycles. The van der Waals surface area contributed by atoms with E-state index in [1.807, 2.05) is 13.0 Å². The molecule has 5 heteroatoms. The third kappa shape index (κ3) is 6.71. The van der Waals surface area contributed by atoms with Crippen LogP contribution in [0, 0.1) is 11.8 Å². The Labute approximate surface area is 177 Å². The molecule has 0 bridgehead atoms. The van der Waals surface area contributed by atoms with E-state index in [1.165, 1.54) is 16.8 Å². The highest BCUT2D eigenvalue weighted by Crippen LogP contribution is 2.43. The summed E-state index contributed by atoms with van der Waals surface area (Å²) < 4.78 is 19.1. The van der Waals surface area contributed by atoms with Crippen LogP contribution >= 0.6 is 22.6 Å². The number of halogens is 1. The van der Waals surface area contributed by atoms with E-state index in [1.54, 1.807) is 0 Å². The van der Waals surface area contributed by atoms with Gasteiger partial charge in [0.25, 0.3) is 0 Å². The van der Waals surface area contributed by atoms with E-state index in [-0.39, 0.29) is 18.2 Å². The van der Waals surface area contributed by atoms with Gasteiger partial charge < -0.3 is 14.2 Å². The predicted molar refractivity (Wildman–Crippen MR) is 117 cm³/mol. The second kappa shape index (κ2) is 10.2. The number of allylic oxidation sites excluding steroid dienone is 3. The molecular weight excluding hydrogens is 455 g/mol. The number of hydrogen-bond acceptors (Lipinski definition) is 4. The molecule has 2 saturated heterocycles. The summed E-state index contributed by atoms with van der Waals surface area (Å²) in [6.45, 7) is 8.50. The van der Waals surface area contributed by atoms with Crippen molar-refractivity contribution in [1.29, 1.82) is 0 Å². The first-order valence-corrected chi connectivity index (χ1v) is 10.9. The average Bonchev–Trinajstić information content (AvgIpc) is 2.63. The third-order valence-corrected chi connectivity index (χ3v) is 6.04. The van der Waals surface area contributed by atoms with E-state index in [2.05, 4.69) is 60.3 Å². The van der Waals surface area contributed by atoms with E-state index in [0.717, 1.165) is 37.7 Å². The van der Waals surface area contributed by atoms with Crippen molar-refractivity contribution >= 4 is 28.6 Å². The molecule has 0 N–H and O–H groups in total. The van der Waals surface area contributed by atoms with E-state index >= 15 is 0 Å². The monoisotopic (exact) mass is 488 g/mol. The van der Waals surface area contributed by atoms with Gasteiger partial charge in [0.05, 0.1) is 19.3 Å². The molecule has 0 amide bonds. The maximum absolute atomic E-state index is 11.4. The zero-order valence-electron chi connectivity index (χ0n) is 17.2. The second-order valence-corrected chi connectivity index (χ2v) is 9.68. The van der Waals surface area contributed by atoms with Gasteiger partial charge in [-0.15, -0.1) is 0 Å². The van der Waals surface area contributed by atoms with Crippen LogP contribution < -0.4 is 0 Å². The summed E-state index contributed by atoms with van der Waals surface area (Å²) >= 11 is 2.35. The van der Waals surface area contributed by atoms with Gasteiger partial charge in [-0.2, -0.15) is 0 Å². The summed E-state index contributed by atoms with van der Waals surface area (Å²) in [5.74, 6) is 0.170. The minimum Gasteiger partial charge on any atom is -0.466 e. The van der Waals surface area contributed by atoms with E-state index in [9.17, 15) is 4.79 Å². The molecule has 2 aliphatic rings. The van der Waals surface area contributed by atoms with Crippen molar-refractivity contribution in [1.82, 2.24) is 0 Å². The fourth-order valence-corrected chi connectivity index (χ4v) is 3.97. The Bertz CT molecular complexity index is 601. The Morgan fingerprint density at radius 3 is 2.48 bits per heavy atom. The molecule has 4 nitrogen and oxygen atoms in total. The highest BCUT2D eigenvalue weighted by molar-refractivity contribution is 14.1. The highest BCUT2D eigenvalue weighted by Gasteiger charge is 2.45. The highest BCUT2D eigenvalue weighted by atomic mass is 127.